The molecule has 0 spiro atoms. The zero-order valence-electron chi connectivity index (χ0n) is 15.7. The number of benzene rings is 2. The third-order valence-electron chi connectivity index (χ3n) is 3.98. The van der Waals surface area contributed by atoms with Crippen molar-refractivity contribution in [2.24, 2.45) is 0 Å². The van der Waals surface area contributed by atoms with Gasteiger partial charge in [0, 0.05) is 30.4 Å². The van der Waals surface area contributed by atoms with Gasteiger partial charge in [-0.3, -0.25) is 4.79 Å². The molecule has 6 nitrogen and oxygen atoms in total. The van der Waals surface area contributed by atoms with Crippen LogP contribution in [0, 0.1) is 6.92 Å². The first-order chi connectivity index (χ1) is 13.0. The predicted molar refractivity (Wildman–Crippen MR) is 109 cm³/mol. The van der Waals surface area contributed by atoms with E-state index in [1.807, 2.05) is 55.5 Å². The van der Waals surface area contributed by atoms with E-state index in [4.69, 9.17) is 0 Å². The van der Waals surface area contributed by atoms with E-state index in [0.717, 1.165) is 17.2 Å². The molecule has 1 heterocycles. The van der Waals surface area contributed by atoms with Gasteiger partial charge in [-0.1, -0.05) is 30.3 Å². The molecule has 138 valence electrons. The van der Waals surface area contributed by atoms with Crippen molar-refractivity contribution in [3.8, 4) is 0 Å². The maximum absolute atomic E-state index is 11.1. The van der Waals surface area contributed by atoms with Crippen molar-refractivity contribution in [2.75, 3.05) is 16.0 Å². The van der Waals surface area contributed by atoms with E-state index in [2.05, 4.69) is 45.0 Å². The lowest BCUT2D eigenvalue weighted by Gasteiger charge is -2.16. The van der Waals surface area contributed by atoms with Crippen LogP contribution in [0.1, 0.15) is 31.3 Å². The molecule has 0 bridgehead atoms. The van der Waals surface area contributed by atoms with Gasteiger partial charge in [0.2, 0.25) is 5.91 Å². The molecule has 3 aromatic rings. The number of anilines is 4. The lowest BCUT2D eigenvalue weighted by molar-refractivity contribution is -0.114. The first-order valence-corrected chi connectivity index (χ1v) is 8.81. The number of hydrogen-bond donors (Lipinski definition) is 3. The molecule has 2 aromatic carbocycles. The Morgan fingerprint density at radius 1 is 0.926 bits per heavy atom. The standard InChI is InChI=1S/C21H23N5O/c1-14(17-7-5-4-6-8-17)22-20-13-21(24-15(2)23-20)26-19-11-9-18(10-12-19)25-16(3)27/h4-14H,1-3H3,(H,25,27)(H2,22,23,24,26). The predicted octanol–water partition coefficient (Wildman–Crippen LogP) is 4.66. The second-order valence-corrected chi connectivity index (χ2v) is 6.35. The number of aromatic nitrogens is 2. The molecule has 1 amide bonds. The van der Waals surface area contributed by atoms with Crippen LogP contribution >= 0.6 is 0 Å². The number of amides is 1. The van der Waals surface area contributed by atoms with Gasteiger partial charge in [0.1, 0.15) is 17.5 Å². The summed E-state index contributed by atoms with van der Waals surface area (Å²) in [7, 11) is 0. The van der Waals surface area contributed by atoms with Crippen LogP contribution in [0.5, 0.6) is 0 Å². The molecule has 6 heteroatoms. The van der Waals surface area contributed by atoms with Gasteiger partial charge >= 0.3 is 0 Å². The van der Waals surface area contributed by atoms with E-state index >= 15 is 0 Å². The number of nitrogens with zero attached hydrogens (tertiary/aromatic N) is 2. The van der Waals surface area contributed by atoms with Crippen LogP contribution in [-0.2, 0) is 4.79 Å². The summed E-state index contributed by atoms with van der Waals surface area (Å²) in [6.45, 7) is 5.45. The zero-order chi connectivity index (χ0) is 19.2. The Balaban J connectivity index is 1.72. The largest absolute Gasteiger partial charge is 0.363 e. The number of hydrogen-bond acceptors (Lipinski definition) is 5. The van der Waals surface area contributed by atoms with E-state index in [1.165, 1.54) is 12.5 Å². The molecular weight excluding hydrogens is 338 g/mol. The van der Waals surface area contributed by atoms with Crippen molar-refractivity contribution >= 4 is 28.9 Å². The van der Waals surface area contributed by atoms with Crippen molar-refractivity contribution in [1.29, 1.82) is 0 Å². The fraction of sp³-hybridized carbons (Fsp3) is 0.190. The molecule has 27 heavy (non-hydrogen) atoms. The Bertz CT molecular complexity index is 910. The Labute approximate surface area is 159 Å². The second-order valence-electron chi connectivity index (χ2n) is 6.35. The van der Waals surface area contributed by atoms with Crippen LogP contribution in [0.3, 0.4) is 0 Å². The van der Waals surface area contributed by atoms with E-state index in [9.17, 15) is 4.79 Å². The quantitative estimate of drug-likeness (QED) is 0.595. The maximum atomic E-state index is 11.1. The smallest absolute Gasteiger partial charge is 0.221 e. The lowest BCUT2D eigenvalue weighted by atomic mass is 10.1. The van der Waals surface area contributed by atoms with Crippen molar-refractivity contribution in [2.45, 2.75) is 26.8 Å². The summed E-state index contributed by atoms with van der Waals surface area (Å²) >= 11 is 0. The highest BCUT2D eigenvalue weighted by Crippen LogP contribution is 2.22. The SMILES string of the molecule is CC(=O)Nc1ccc(Nc2cc(NC(C)c3ccccc3)nc(C)n2)cc1. The number of rotatable bonds is 6. The average Bonchev–Trinajstić information content (AvgIpc) is 2.63. The minimum atomic E-state index is -0.0922. The number of nitrogens with one attached hydrogen (secondary N) is 3. The molecule has 0 saturated carbocycles. The van der Waals surface area contributed by atoms with E-state index in [-0.39, 0.29) is 11.9 Å². The Morgan fingerprint density at radius 2 is 1.56 bits per heavy atom. The molecule has 1 atom stereocenters. The van der Waals surface area contributed by atoms with Gasteiger partial charge in [0.15, 0.2) is 0 Å². The van der Waals surface area contributed by atoms with Crippen LogP contribution < -0.4 is 16.0 Å². The minimum absolute atomic E-state index is 0.0922. The topological polar surface area (TPSA) is 78.9 Å². The summed E-state index contributed by atoms with van der Waals surface area (Å²) in [6.07, 6.45) is 0. The molecule has 0 aliphatic carbocycles. The van der Waals surface area contributed by atoms with Crippen LogP contribution in [0.2, 0.25) is 0 Å². The maximum Gasteiger partial charge on any atom is 0.221 e. The highest BCUT2D eigenvalue weighted by atomic mass is 16.1. The molecule has 1 aromatic heterocycles. The van der Waals surface area contributed by atoms with Gasteiger partial charge in [0.05, 0.1) is 0 Å². The van der Waals surface area contributed by atoms with E-state index < -0.39 is 0 Å². The lowest BCUT2D eigenvalue weighted by Crippen LogP contribution is -2.09. The van der Waals surface area contributed by atoms with Crippen molar-refractivity contribution in [3.05, 3.63) is 72.1 Å². The third kappa shape index (κ3) is 5.28. The van der Waals surface area contributed by atoms with Crippen molar-refractivity contribution in [3.63, 3.8) is 0 Å². The first kappa shape index (κ1) is 18.4. The molecule has 3 rings (SSSR count). The third-order valence-corrected chi connectivity index (χ3v) is 3.98. The Kier molecular flexibility index (Phi) is 5.66. The van der Waals surface area contributed by atoms with Crippen LogP contribution in [0.25, 0.3) is 0 Å². The van der Waals surface area contributed by atoms with Crippen LogP contribution in [-0.4, -0.2) is 15.9 Å². The Morgan fingerprint density at radius 3 is 2.22 bits per heavy atom. The molecule has 0 saturated heterocycles. The summed E-state index contributed by atoms with van der Waals surface area (Å²) in [5, 5.41) is 9.44. The molecule has 0 aliphatic heterocycles. The molecule has 3 N–H and O–H groups in total. The zero-order valence-corrected chi connectivity index (χ0v) is 15.7. The molecule has 1 unspecified atom stereocenters. The van der Waals surface area contributed by atoms with E-state index in [0.29, 0.717) is 11.6 Å². The molecule has 0 radical (unpaired) electrons. The van der Waals surface area contributed by atoms with Gasteiger partial charge in [-0.05, 0) is 43.7 Å². The normalized spacial score (nSPS) is 11.5. The molecular formula is C21H23N5O. The molecule has 0 fully saturated rings. The fourth-order valence-corrected chi connectivity index (χ4v) is 2.74. The monoisotopic (exact) mass is 361 g/mol. The van der Waals surface area contributed by atoms with Gasteiger partial charge in [0.25, 0.3) is 0 Å². The summed E-state index contributed by atoms with van der Waals surface area (Å²) in [6, 6.07) is 19.7. The number of carbonyl (C=O) groups is 1. The van der Waals surface area contributed by atoms with E-state index in [1.54, 1.807) is 0 Å². The van der Waals surface area contributed by atoms with Gasteiger partial charge in [-0.15, -0.1) is 0 Å². The highest BCUT2D eigenvalue weighted by molar-refractivity contribution is 5.88. The van der Waals surface area contributed by atoms with Crippen LogP contribution in [0.4, 0.5) is 23.0 Å². The van der Waals surface area contributed by atoms with Gasteiger partial charge < -0.3 is 16.0 Å². The summed E-state index contributed by atoms with van der Waals surface area (Å²) in [5.41, 5.74) is 2.83. The fourth-order valence-electron chi connectivity index (χ4n) is 2.74. The summed E-state index contributed by atoms with van der Waals surface area (Å²) in [5.74, 6) is 2.05. The summed E-state index contributed by atoms with van der Waals surface area (Å²) in [4.78, 5) is 20.0. The summed E-state index contributed by atoms with van der Waals surface area (Å²) < 4.78 is 0. The average molecular weight is 361 g/mol. The highest BCUT2D eigenvalue weighted by Gasteiger charge is 2.08. The first-order valence-electron chi connectivity index (χ1n) is 8.81. The van der Waals surface area contributed by atoms with Gasteiger partial charge in [-0.2, -0.15) is 0 Å². The number of aryl methyl sites for hydroxylation is 1. The van der Waals surface area contributed by atoms with Gasteiger partial charge in [-0.25, -0.2) is 9.97 Å². The second kappa shape index (κ2) is 8.31. The molecule has 0 aliphatic rings. The number of carbonyl (C=O) groups excluding carboxylic acids is 1. The van der Waals surface area contributed by atoms with Crippen molar-refractivity contribution in [1.82, 2.24) is 9.97 Å². The Hall–Kier alpha value is -3.41. The van der Waals surface area contributed by atoms with Crippen LogP contribution in [0.15, 0.2) is 60.7 Å². The minimum Gasteiger partial charge on any atom is -0.363 e. The van der Waals surface area contributed by atoms with Crippen molar-refractivity contribution < 1.29 is 4.79 Å².